The lowest BCUT2D eigenvalue weighted by atomic mass is 10.2. The predicted octanol–water partition coefficient (Wildman–Crippen LogP) is 4.24. The van der Waals surface area contributed by atoms with Gasteiger partial charge in [0.25, 0.3) is 0 Å². The zero-order chi connectivity index (χ0) is 13.1. The van der Waals surface area contributed by atoms with E-state index in [-0.39, 0.29) is 5.82 Å². The summed E-state index contributed by atoms with van der Waals surface area (Å²) in [6.45, 7) is 4.77. The van der Waals surface area contributed by atoms with Gasteiger partial charge in [-0.25, -0.2) is 4.39 Å². The SMILES string of the molecule is CC(C)NCc1ccc(-c2cc(F)ccc2Cl)o1. The van der Waals surface area contributed by atoms with Crippen molar-refractivity contribution in [3.8, 4) is 11.3 Å². The molecule has 0 amide bonds. The second kappa shape index (κ2) is 5.55. The number of furan rings is 1. The Kier molecular flexibility index (Phi) is 4.04. The first-order valence-electron chi connectivity index (χ1n) is 5.84. The molecule has 0 aliphatic carbocycles. The van der Waals surface area contributed by atoms with Crippen molar-refractivity contribution in [2.75, 3.05) is 0 Å². The van der Waals surface area contributed by atoms with Gasteiger partial charge in [-0.05, 0) is 30.3 Å². The van der Waals surface area contributed by atoms with E-state index in [1.807, 2.05) is 6.07 Å². The van der Waals surface area contributed by atoms with Crippen molar-refractivity contribution in [1.82, 2.24) is 5.32 Å². The Bertz CT molecular complexity index is 536. The monoisotopic (exact) mass is 267 g/mol. The van der Waals surface area contributed by atoms with Gasteiger partial charge in [0.05, 0.1) is 11.6 Å². The van der Waals surface area contributed by atoms with Gasteiger partial charge in [0.1, 0.15) is 17.3 Å². The minimum absolute atomic E-state index is 0.326. The summed E-state index contributed by atoms with van der Waals surface area (Å²) in [6, 6.07) is 8.29. The van der Waals surface area contributed by atoms with Crippen molar-refractivity contribution in [1.29, 1.82) is 0 Å². The van der Waals surface area contributed by atoms with Crippen LogP contribution in [0.3, 0.4) is 0 Å². The molecule has 2 nitrogen and oxygen atoms in total. The fourth-order valence-electron chi connectivity index (χ4n) is 1.61. The van der Waals surface area contributed by atoms with Crippen LogP contribution in [0.1, 0.15) is 19.6 Å². The van der Waals surface area contributed by atoms with Crippen LogP contribution in [0, 0.1) is 5.82 Å². The third kappa shape index (κ3) is 3.12. The number of benzene rings is 1. The quantitative estimate of drug-likeness (QED) is 0.896. The minimum atomic E-state index is -0.326. The average Bonchev–Trinajstić information content (AvgIpc) is 2.78. The molecule has 0 aliphatic rings. The van der Waals surface area contributed by atoms with Crippen LogP contribution in [-0.4, -0.2) is 6.04 Å². The van der Waals surface area contributed by atoms with E-state index in [0.29, 0.717) is 28.9 Å². The van der Waals surface area contributed by atoms with E-state index in [1.54, 1.807) is 6.07 Å². The number of nitrogens with one attached hydrogen (secondary N) is 1. The lowest BCUT2D eigenvalue weighted by Crippen LogP contribution is -2.21. The molecule has 1 N–H and O–H groups in total. The number of halogens is 2. The van der Waals surface area contributed by atoms with Crippen LogP contribution in [0.4, 0.5) is 4.39 Å². The van der Waals surface area contributed by atoms with Crippen LogP contribution < -0.4 is 5.32 Å². The van der Waals surface area contributed by atoms with Gasteiger partial charge >= 0.3 is 0 Å². The molecule has 0 fully saturated rings. The van der Waals surface area contributed by atoms with Crippen molar-refractivity contribution >= 4 is 11.6 Å². The molecule has 0 atom stereocenters. The molecular formula is C14H15ClFNO. The molecular weight excluding hydrogens is 253 g/mol. The van der Waals surface area contributed by atoms with Crippen molar-refractivity contribution in [2.45, 2.75) is 26.4 Å². The molecule has 0 aliphatic heterocycles. The number of hydrogen-bond donors (Lipinski definition) is 1. The summed E-state index contributed by atoms with van der Waals surface area (Å²) in [5.41, 5.74) is 0.576. The highest BCUT2D eigenvalue weighted by Gasteiger charge is 2.10. The molecule has 0 saturated heterocycles. The van der Waals surface area contributed by atoms with Crippen LogP contribution in [0.15, 0.2) is 34.7 Å². The molecule has 1 aromatic heterocycles. The normalized spacial score (nSPS) is 11.2. The Morgan fingerprint density at radius 1 is 1.28 bits per heavy atom. The van der Waals surface area contributed by atoms with Crippen LogP contribution >= 0.6 is 11.6 Å². The van der Waals surface area contributed by atoms with E-state index in [9.17, 15) is 4.39 Å². The second-order valence-corrected chi connectivity index (χ2v) is 4.83. The Morgan fingerprint density at radius 3 is 2.78 bits per heavy atom. The van der Waals surface area contributed by atoms with Crippen molar-refractivity contribution in [3.05, 3.63) is 46.9 Å². The largest absolute Gasteiger partial charge is 0.460 e. The summed E-state index contributed by atoms with van der Waals surface area (Å²) in [7, 11) is 0. The van der Waals surface area contributed by atoms with E-state index in [1.165, 1.54) is 18.2 Å². The third-order valence-electron chi connectivity index (χ3n) is 2.54. The van der Waals surface area contributed by atoms with E-state index >= 15 is 0 Å². The minimum Gasteiger partial charge on any atom is -0.460 e. The fraction of sp³-hybridized carbons (Fsp3) is 0.286. The average molecular weight is 268 g/mol. The van der Waals surface area contributed by atoms with Crippen LogP contribution in [0.2, 0.25) is 5.02 Å². The molecule has 18 heavy (non-hydrogen) atoms. The van der Waals surface area contributed by atoms with Crippen molar-refractivity contribution < 1.29 is 8.81 Å². The number of rotatable bonds is 4. The van der Waals surface area contributed by atoms with Crippen molar-refractivity contribution in [2.24, 2.45) is 0 Å². The first kappa shape index (κ1) is 13.1. The number of hydrogen-bond acceptors (Lipinski definition) is 2. The van der Waals surface area contributed by atoms with Gasteiger partial charge in [0.15, 0.2) is 0 Å². The zero-order valence-corrected chi connectivity index (χ0v) is 11.1. The Labute approximate surface area is 111 Å². The smallest absolute Gasteiger partial charge is 0.135 e. The molecule has 2 aromatic rings. The molecule has 1 heterocycles. The van der Waals surface area contributed by atoms with E-state index in [4.69, 9.17) is 16.0 Å². The summed E-state index contributed by atoms with van der Waals surface area (Å²) in [5.74, 6) is 1.06. The Morgan fingerprint density at radius 2 is 2.06 bits per heavy atom. The van der Waals surface area contributed by atoms with Gasteiger partial charge in [0.2, 0.25) is 0 Å². The van der Waals surface area contributed by atoms with E-state index in [0.717, 1.165) is 5.76 Å². The molecule has 2 rings (SSSR count). The first-order chi connectivity index (χ1) is 8.56. The summed E-state index contributed by atoms with van der Waals surface area (Å²) in [4.78, 5) is 0. The van der Waals surface area contributed by atoms with Gasteiger partial charge in [-0.1, -0.05) is 25.4 Å². The topological polar surface area (TPSA) is 25.2 Å². The van der Waals surface area contributed by atoms with E-state index in [2.05, 4.69) is 19.2 Å². The first-order valence-corrected chi connectivity index (χ1v) is 6.21. The highest BCUT2D eigenvalue weighted by molar-refractivity contribution is 6.33. The Balaban J connectivity index is 2.21. The van der Waals surface area contributed by atoms with Gasteiger partial charge in [-0.2, -0.15) is 0 Å². The van der Waals surface area contributed by atoms with Crippen LogP contribution in [-0.2, 0) is 6.54 Å². The predicted molar refractivity (Wildman–Crippen MR) is 71.1 cm³/mol. The van der Waals surface area contributed by atoms with Crippen LogP contribution in [0.5, 0.6) is 0 Å². The molecule has 0 bridgehead atoms. The molecule has 1 aromatic carbocycles. The molecule has 0 spiro atoms. The van der Waals surface area contributed by atoms with Crippen LogP contribution in [0.25, 0.3) is 11.3 Å². The molecule has 0 saturated carbocycles. The maximum absolute atomic E-state index is 13.2. The standard InChI is InChI=1S/C14H15ClFNO/c1-9(2)17-8-11-4-6-14(18-11)12-7-10(16)3-5-13(12)15/h3-7,9,17H,8H2,1-2H3. The van der Waals surface area contributed by atoms with E-state index < -0.39 is 0 Å². The molecule has 0 unspecified atom stereocenters. The summed E-state index contributed by atoms with van der Waals surface area (Å²) >= 11 is 6.03. The molecule has 0 radical (unpaired) electrons. The zero-order valence-electron chi connectivity index (χ0n) is 10.3. The van der Waals surface area contributed by atoms with Gasteiger partial charge in [-0.3, -0.25) is 0 Å². The summed E-state index contributed by atoms with van der Waals surface area (Å²) in [5, 5.41) is 3.73. The Hall–Kier alpha value is -1.32. The van der Waals surface area contributed by atoms with Gasteiger partial charge in [-0.15, -0.1) is 0 Å². The summed E-state index contributed by atoms with van der Waals surface area (Å²) < 4.78 is 18.8. The maximum Gasteiger partial charge on any atom is 0.135 e. The molecule has 96 valence electrons. The second-order valence-electron chi connectivity index (χ2n) is 4.43. The fourth-order valence-corrected chi connectivity index (χ4v) is 1.82. The molecule has 4 heteroatoms. The maximum atomic E-state index is 13.2. The van der Waals surface area contributed by atoms with Crippen molar-refractivity contribution in [3.63, 3.8) is 0 Å². The highest BCUT2D eigenvalue weighted by Crippen LogP contribution is 2.30. The lowest BCUT2D eigenvalue weighted by Gasteiger charge is -2.05. The lowest BCUT2D eigenvalue weighted by molar-refractivity contribution is 0.473. The third-order valence-corrected chi connectivity index (χ3v) is 2.87. The summed E-state index contributed by atoms with van der Waals surface area (Å²) in [6.07, 6.45) is 0. The van der Waals surface area contributed by atoms with Gasteiger partial charge < -0.3 is 9.73 Å². The van der Waals surface area contributed by atoms with Gasteiger partial charge in [0, 0.05) is 11.6 Å². The highest BCUT2D eigenvalue weighted by atomic mass is 35.5.